The normalized spacial score (nSPS) is 25.3. The number of nitrogens with two attached hydrogens (primary N) is 1. The molecule has 0 heterocycles. The van der Waals surface area contributed by atoms with E-state index in [1.165, 1.54) is 0 Å². The summed E-state index contributed by atoms with van der Waals surface area (Å²) in [5.74, 6) is -1.13. The van der Waals surface area contributed by atoms with Crippen molar-refractivity contribution in [2.45, 2.75) is 38.1 Å². The number of benzene rings is 1. The average molecular weight is 355 g/mol. The van der Waals surface area contributed by atoms with Gasteiger partial charge in [-0.25, -0.2) is 4.79 Å². The van der Waals surface area contributed by atoms with E-state index in [0.717, 1.165) is 17.3 Å². The van der Waals surface area contributed by atoms with E-state index >= 15 is 0 Å². The molecule has 6 heteroatoms. The second kappa shape index (κ2) is 6.05. The van der Waals surface area contributed by atoms with Crippen LogP contribution < -0.4 is 11.1 Å². The molecule has 1 aromatic carbocycles. The monoisotopic (exact) mass is 354 g/mol. The van der Waals surface area contributed by atoms with Gasteiger partial charge in [0.25, 0.3) is 5.91 Å². The average Bonchev–Trinajstić information content (AvgIpc) is 2.38. The minimum absolute atomic E-state index is 0.303. The predicted molar refractivity (Wildman–Crippen MR) is 84.3 cm³/mol. The van der Waals surface area contributed by atoms with Gasteiger partial charge >= 0.3 is 5.97 Å². The molecule has 21 heavy (non-hydrogen) atoms. The third kappa shape index (κ3) is 3.37. The predicted octanol–water partition coefficient (Wildman–Crippen LogP) is 2.99. The standard InChI is InChI=1S/C15H19BrN2O3/c1-9-3-2-6-15(8-9,14(20)21)18-12-7-10(16)4-5-11(12)13(17)19/h4-5,7,9,18H,2-3,6,8H2,1H3,(H2,17,19)(H,20,21). The lowest BCUT2D eigenvalue weighted by Gasteiger charge is -2.38. The van der Waals surface area contributed by atoms with Crippen molar-refractivity contribution in [3.05, 3.63) is 28.2 Å². The molecule has 2 atom stereocenters. The van der Waals surface area contributed by atoms with Gasteiger partial charge in [0, 0.05) is 10.2 Å². The van der Waals surface area contributed by atoms with Crippen LogP contribution in [-0.2, 0) is 4.79 Å². The van der Waals surface area contributed by atoms with E-state index in [0.29, 0.717) is 30.0 Å². The molecule has 5 nitrogen and oxygen atoms in total. The lowest BCUT2D eigenvalue weighted by molar-refractivity contribution is -0.144. The van der Waals surface area contributed by atoms with Gasteiger partial charge in [0.1, 0.15) is 5.54 Å². The first-order valence-corrected chi connectivity index (χ1v) is 7.74. The van der Waals surface area contributed by atoms with Crippen molar-refractivity contribution in [3.8, 4) is 0 Å². The van der Waals surface area contributed by atoms with Gasteiger partial charge in [-0.2, -0.15) is 0 Å². The van der Waals surface area contributed by atoms with Crippen LogP contribution in [0.3, 0.4) is 0 Å². The molecule has 2 rings (SSSR count). The first kappa shape index (κ1) is 15.8. The summed E-state index contributed by atoms with van der Waals surface area (Å²) < 4.78 is 0.763. The summed E-state index contributed by atoms with van der Waals surface area (Å²) in [6, 6.07) is 5.00. The van der Waals surface area contributed by atoms with E-state index in [9.17, 15) is 14.7 Å². The summed E-state index contributed by atoms with van der Waals surface area (Å²) in [5.41, 5.74) is 5.10. The number of hydrogen-bond acceptors (Lipinski definition) is 3. The van der Waals surface area contributed by atoms with E-state index in [1.807, 2.05) is 0 Å². The SMILES string of the molecule is CC1CCCC(Nc2cc(Br)ccc2C(N)=O)(C(=O)O)C1. The van der Waals surface area contributed by atoms with Crippen molar-refractivity contribution < 1.29 is 14.7 Å². The molecule has 0 bridgehead atoms. The smallest absolute Gasteiger partial charge is 0.329 e. The summed E-state index contributed by atoms with van der Waals surface area (Å²) in [4.78, 5) is 23.3. The number of hydrogen-bond donors (Lipinski definition) is 3. The van der Waals surface area contributed by atoms with E-state index in [-0.39, 0.29) is 0 Å². The molecule has 0 spiro atoms. The van der Waals surface area contributed by atoms with Crippen LogP contribution in [-0.4, -0.2) is 22.5 Å². The fourth-order valence-corrected chi connectivity index (χ4v) is 3.37. The highest BCUT2D eigenvalue weighted by molar-refractivity contribution is 9.10. The molecule has 2 unspecified atom stereocenters. The summed E-state index contributed by atoms with van der Waals surface area (Å²) >= 11 is 3.34. The summed E-state index contributed by atoms with van der Waals surface area (Å²) in [5, 5.41) is 12.8. The van der Waals surface area contributed by atoms with Gasteiger partial charge in [-0.15, -0.1) is 0 Å². The van der Waals surface area contributed by atoms with E-state index in [2.05, 4.69) is 28.2 Å². The first-order chi connectivity index (χ1) is 9.84. The second-order valence-corrected chi connectivity index (χ2v) is 6.68. The van der Waals surface area contributed by atoms with Gasteiger partial charge in [0.15, 0.2) is 0 Å². The van der Waals surface area contributed by atoms with Gasteiger partial charge in [-0.1, -0.05) is 35.7 Å². The molecule has 4 N–H and O–H groups in total. The fourth-order valence-electron chi connectivity index (χ4n) is 3.01. The van der Waals surface area contributed by atoms with Crippen molar-refractivity contribution in [1.82, 2.24) is 0 Å². The van der Waals surface area contributed by atoms with Crippen LogP contribution in [0.25, 0.3) is 0 Å². The molecule has 1 aromatic rings. The molecule has 0 radical (unpaired) electrons. The Labute approximate surface area is 132 Å². The van der Waals surface area contributed by atoms with Crippen LogP contribution in [0.4, 0.5) is 5.69 Å². The third-order valence-electron chi connectivity index (χ3n) is 4.03. The summed E-state index contributed by atoms with van der Waals surface area (Å²) in [7, 11) is 0. The Morgan fingerprint density at radius 3 is 2.76 bits per heavy atom. The Morgan fingerprint density at radius 1 is 1.48 bits per heavy atom. The second-order valence-electron chi connectivity index (χ2n) is 5.77. The van der Waals surface area contributed by atoms with Crippen LogP contribution in [0.5, 0.6) is 0 Å². The van der Waals surface area contributed by atoms with Crippen LogP contribution in [0.2, 0.25) is 0 Å². The minimum atomic E-state index is -1.04. The Balaban J connectivity index is 2.40. The number of rotatable bonds is 4. The number of carbonyl (C=O) groups excluding carboxylic acids is 1. The van der Waals surface area contributed by atoms with E-state index < -0.39 is 17.4 Å². The number of amides is 1. The van der Waals surface area contributed by atoms with Crippen molar-refractivity contribution in [1.29, 1.82) is 0 Å². The number of aliphatic carboxylic acids is 1. The van der Waals surface area contributed by atoms with Crippen molar-refractivity contribution in [3.63, 3.8) is 0 Å². The van der Waals surface area contributed by atoms with E-state index in [4.69, 9.17) is 5.73 Å². The number of carboxylic acid groups (broad SMARTS) is 1. The zero-order valence-corrected chi connectivity index (χ0v) is 13.4. The molecule has 1 aliphatic carbocycles. The number of nitrogens with one attached hydrogen (secondary N) is 1. The topological polar surface area (TPSA) is 92.4 Å². The van der Waals surface area contributed by atoms with Gasteiger partial charge in [0.05, 0.1) is 5.56 Å². The molecule has 0 aromatic heterocycles. The molecule has 114 valence electrons. The molecule has 1 fully saturated rings. The zero-order valence-electron chi connectivity index (χ0n) is 11.9. The Kier molecular flexibility index (Phi) is 4.56. The Morgan fingerprint density at radius 2 is 2.19 bits per heavy atom. The third-order valence-corrected chi connectivity index (χ3v) is 4.52. The highest BCUT2D eigenvalue weighted by atomic mass is 79.9. The largest absolute Gasteiger partial charge is 0.480 e. The van der Waals surface area contributed by atoms with Crippen molar-refractivity contribution in [2.24, 2.45) is 11.7 Å². The first-order valence-electron chi connectivity index (χ1n) is 6.95. The number of carboxylic acids is 1. The van der Waals surface area contributed by atoms with Crippen LogP contribution in [0.1, 0.15) is 43.0 Å². The molecule has 1 amide bonds. The summed E-state index contributed by atoms with van der Waals surface area (Å²) in [6.07, 6.45) is 2.95. The number of anilines is 1. The number of halogens is 1. The molecule has 0 saturated heterocycles. The van der Waals surface area contributed by atoms with E-state index in [1.54, 1.807) is 18.2 Å². The zero-order chi connectivity index (χ0) is 15.6. The quantitative estimate of drug-likeness (QED) is 0.774. The lowest BCUT2D eigenvalue weighted by atomic mass is 9.76. The molecule has 1 saturated carbocycles. The molecular formula is C15H19BrN2O3. The number of primary amides is 1. The lowest BCUT2D eigenvalue weighted by Crippen LogP contribution is -2.50. The van der Waals surface area contributed by atoms with Gasteiger partial charge in [-0.3, -0.25) is 4.79 Å². The molecular weight excluding hydrogens is 336 g/mol. The van der Waals surface area contributed by atoms with Gasteiger partial charge in [-0.05, 0) is 37.0 Å². The Hall–Kier alpha value is -1.56. The molecule has 0 aliphatic heterocycles. The van der Waals surface area contributed by atoms with Crippen molar-refractivity contribution >= 4 is 33.5 Å². The number of carbonyl (C=O) groups is 2. The highest BCUT2D eigenvalue weighted by Gasteiger charge is 2.42. The summed E-state index contributed by atoms with van der Waals surface area (Å²) in [6.45, 7) is 2.05. The maximum Gasteiger partial charge on any atom is 0.329 e. The maximum absolute atomic E-state index is 11.8. The van der Waals surface area contributed by atoms with Gasteiger partial charge in [0.2, 0.25) is 0 Å². The van der Waals surface area contributed by atoms with Gasteiger partial charge < -0.3 is 16.2 Å². The molecule has 1 aliphatic rings. The maximum atomic E-state index is 11.8. The van der Waals surface area contributed by atoms with Crippen LogP contribution >= 0.6 is 15.9 Å². The Bertz CT molecular complexity index is 576. The van der Waals surface area contributed by atoms with Crippen LogP contribution in [0.15, 0.2) is 22.7 Å². The van der Waals surface area contributed by atoms with Crippen molar-refractivity contribution in [2.75, 3.05) is 5.32 Å². The highest BCUT2D eigenvalue weighted by Crippen LogP contribution is 2.36. The fraction of sp³-hybridized carbons (Fsp3) is 0.467. The minimum Gasteiger partial charge on any atom is -0.480 e. The van der Waals surface area contributed by atoms with Crippen LogP contribution in [0, 0.1) is 5.92 Å².